The predicted octanol–water partition coefficient (Wildman–Crippen LogP) is 4.06. The number of halogens is 4. The quantitative estimate of drug-likeness (QED) is 0.864. The van der Waals surface area contributed by atoms with E-state index in [1.165, 1.54) is 25.4 Å². The molecule has 0 aliphatic rings. The van der Waals surface area contributed by atoms with Crippen molar-refractivity contribution in [2.45, 2.75) is 6.18 Å². The van der Waals surface area contributed by atoms with E-state index in [1.54, 1.807) is 0 Å². The van der Waals surface area contributed by atoms with Gasteiger partial charge in [0.05, 0.1) is 18.4 Å². The van der Waals surface area contributed by atoms with E-state index in [4.69, 9.17) is 4.74 Å². The van der Waals surface area contributed by atoms with Crippen LogP contribution in [0.2, 0.25) is 0 Å². The molecule has 2 aromatic rings. The number of aromatic nitrogens is 1. The van der Waals surface area contributed by atoms with Crippen LogP contribution < -0.4 is 10.1 Å². The molecule has 0 fully saturated rings. The van der Waals surface area contributed by atoms with Gasteiger partial charge in [0.15, 0.2) is 0 Å². The van der Waals surface area contributed by atoms with E-state index < -0.39 is 17.6 Å². The number of methoxy groups -OCH3 is 1. The second-order valence-corrected chi connectivity index (χ2v) is 5.01. The largest absolute Gasteiger partial charge is 0.497 e. The Hall–Kier alpha value is -1.96. The number of H-pyrrole nitrogens is 1. The number of hydrogen-bond acceptors (Lipinski definition) is 2. The molecule has 0 bridgehead atoms. The maximum Gasteiger partial charge on any atom is 0.418 e. The number of aromatic amines is 1. The van der Waals surface area contributed by atoms with E-state index in [-0.39, 0.29) is 17.1 Å². The van der Waals surface area contributed by atoms with Crippen LogP contribution in [0.1, 0.15) is 16.1 Å². The molecule has 2 N–H and O–H groups in total. The molecule has 1 heterocycles. The van der Waals surface area contributed by atoms with Crippen LogP contribution in [-0.4, -0.2) is 18.0 Å². The summed E-state index contributed by atoms with van der Waals surface area (Å²) < 4.78 is 44.4. The van der Waals surface area contributed by atoms with Crippen LogP contribution in [0.15, 0.2) is 34.9 Å². The summed E-state index contributed by atoms with van der Waals surface area (Å²) in [4.78, 5) is 14.5. The van der Waals surface area contributed by atoms with E-state index in [2.05, 4.69) is 26.2 Å². The molecule has 0 saturated heterocycles. The molecule has 1 amide bonds. The molecule has 0 unspecified atom stereocenters. The fraction of sp³-hybridized carbons (Fsp3) is 0.154. The van der Waals surface area contributed by atoms with Crippen molar-refractivity contribution in [1.29, 1.82) is 0 Å². The molecule has 0 atom stereocenters. The predicted molar refractivity (Wildman–Crippen MR) is 74.4 cm³/mol. The molecule has 112 valence electrons. The van der Waals surface area contributed by atoms with E-state index in [9.17, 15) is 18.0 Å². The van der Waals surface area contributed by atoms with Crippen molar-refractivity contribution in [2.75, 3.05) is 12.4 Å². The number of carbonyl (C=O) groups is 1. The molecule has 1 aromatic heterocycles. The monoisotopic (exact) mass is 362 g/mol. The van der Waals surface area contributed by atoms with Crippen molar-refractivity contribution < 1.29 is 22.7 Å². The summed E-state index contributed by atoms with van der Waals surface area (Å²) in [5.41, 5.74) is -1.16. The van der Waals surface area contributed by atoms with Gasteiger partial charge in [-0.3, -0.25) is 4.79 Å². The van der Waals surface area contributed by atoms with E-state index in [0.29, 0.717) is 4.47 Å². The third kappa shape index (κ3) is 3.57. The molecule has 0 spiro atoms. The van der Waals surface area contributed by atoms with Crippen LogP contribution >= 0.6 is 15.9 Å². The number of alkyl halides is 3. The average molecular weight is 363 g/mol. The fourth-order valence-electron chi connectivity index (χ4n) is 1.68. The summed E-state index contributed by atoms with van der Waals surface area (Å²) in [5.74, 6) is -0.612. The topological polar surface area (TPSA) is 54.1 Å². The number of hydrogen-bond donors (Lipinski definition) is 2. The van der Waals surface area contributed by atoms with E-state index >= 15 is 0 Å². The highest BCUT2D eigenvalue weighted by Crippen LogP contribution is 2.37. The Bertz CT molecular complexity index is 668. The first-order valence-electron chi connectivity index (χ1n) is 5.72. The lowest BCUT2D eigenvalue weighted by molar-refractivity contribution is -0.137. The van der Waals surface area contributed by atoms with Crippen molar-refractivity contribution in [3.63, 3.8) is 0 Å². The van der Waals surface area contributed by atoms with Crippen LogP contribution in [0.5, 0.6) is 5.75 Å². The Balaban J connectivity index is 2.33. The van der Waals surface area contributed by atoms with Crippen LogP contribution in [0.4, 0.5) is 18.9 Å². The van der Waals surface area contributed by atoms with E-state index in [0.717, 1.165) is 12.1 Å². The number of nitrogens with one attached hydrogen (secondary N) is 2. The van der Waals surface area contributed by atoms with Gasteiger partial charge in [-0.15, -0.1) is 0 Å². The molecule has 0 radical (unpaired) electrons. The van der Waals surface area contributed by atoms with Gasteiger partial charge in [-0.1, -0.05) is 0 Å². The van der Waals surface area contributed by atoms with Crippen molar-refractivity contribution in [1.82, 2.24) is 4.98 Å². The minimum absolute atomic E-state index is 0.0583. The Labute approximate surface area is 126 Å². The molecule has 8 heteroatoms. The SMILES string of the molecule is COc1ccc(NC(=O)c2cc(Br)c[nH]2)c(C(F)(F)F)c1. The van der Waals surface area contributed by atoms with Gasteiger partial charge in [0.2, 0.25) is 0 Å². The minimum Gasteiger partial charge on any atom is -0.497 e. The maximum absolute atomic E-state index is 13.0. The number of ether oxygens (including phenoxy) is 1. The summed E-state index contributed by atoms with van der Waals surface area (Å²) in [6.45, 7) is 0. The van der Waals surface area contributed by atoms with Gasteiger partial charge in [-0.05, 0) is 40.2 Å². The first kappa shape index (κ1) is 15.4. The molecule has 0 aliphatic carbocycles. The first-order chi connectivity index (χ1) is 9.81. The van der Waals surface area contributed by atoms with Gasteiger partial charge in [0, 0.05) is 10.7 Å². The second kappa shape index (κ2) is 5.80. The number of benzene rings is 1. The highest BCUT2D eigenvalue weighted by atomic mass is 79.9. The lowest BCUT2D eigenvalue weighted by Gasteiger charge is -2.14. The first-order valence-corrected chi connectivity index (χ1v) is 6.51. The standard InChI is InChI=1S/C13H10BrF3N2O2/c1-21-8-2-3-10(9(5-8)13(15,16)17)19-12(20)11-4-7(14)6-18-11/h2-6,18H,1H3,(H,19,20). The maximum atomic E-state index is 13.0. The van der Waals surface area contributed by atoms with Crippen molar-refractivity contribution >= 4 is 27.5 Å². The molecular weight excluding hydrogens is 353 g/mol. The van der Waals surface area contributed by atoms with Gasteiger partial charge in [0.25, 0.3) is 5.91 Å². The molecule has 4 nitrogen and oxygen atoms in total. The molecule has 0 aliphatic heterocycles. The van der Waals surface area contributed by atoms with Crippen LogP contribution in [0.3, 0.4) is 0 Å². The van der Waals surface area contributed by atoms with Gasteiger partial charge < -0.3 is 15.0 Å². The highest BCUT2D eigenvalue weighted by Gasteiger charge is 2.34. The minimum atomic E-state index is -4.60. The average Bonchev–Trinajstić information content (AvgIpc) is 2.84. The van der Waals surface area contributed by atoms with Crippen LogP contribution in [0, 0.1) is 0 Å². The zero-order valence-electron chi connectivity index (χ0n) is 10.7. The van der Waals surface area contributed by atoms with Crippen LogP contribution in [0.25, 0.3) is 0 Å². The fourth-order valence-corrected chi connectivity index (χ4v) is 2.03. The van der Waals surface area contributed by atoms with Gasteiger partial charge in [-0.25, -0.2) is 0 Å². The second-order valence-electron chi connectivity index (χ2n) is 4.09. The third-order valence-electron chi connectivity index (χ3n) is 2.67. The Kier molecular flexibility index (Phi) is 4.26. The molecule has 0 saturated carbocycles. The smallest absolute Gasteiger partial charge is 0.418 e. The summed E-state index contributed by atoms with van der Waals surface area (Å²) in [7, 11) is 1.27. The summed E-state index contributed by atoms with van der Waals surface area (Å²) >= 11 is 3.14. The Morgan fingerprint density at radius 2 is 2.05 bits per heavy atom. The number of amides is 1. The molecular formula is C13H10BrF3N2O2. The number of carbonyl (C=O) groups excluding carboxylic acids is 1. The van der Waals surface area contributed by atoms with Crippen molar-refractivity contribution in [3.05, 3.63) is 46.2 Å². The zero-order valence-corrected chi connectivity index (χ0v) is 12.3. The van der Waals surface area contributed by atoms with Crippen molar-refractivity contribution in [2.24, 2.45) is 0 Å². The number of rotatable bonds is 3. The molecule has 2 rings (SSSR count). The number of anilines is 1. The third-order valence-corrected chi connectivity index (χ3v) is 3.13. The van der Waals surface area contributed by atoms with Crippen molar-refractivity contribution in [3.8, 4) is 5.75 Å². The van der Waals surface area contributed by atoms with Crippen LogP contribution in [-0.2, 0) is 6.18 Å². The van der Waals surface area contributed by atoms with Gasteiger partial charge >= 0.3 is 6.18 Å². The highest BCUT2D eigenvalue weighted by molar-refractivity contribution is 9.10. The zero-order chi connectivity index (χ0) is 15.6. The summed E-state index contributed by atoms with van der Waals surface area (Å²) in [6, 6.07) is 4.79. The normalized spacial score (nSPS) is 11.3. The summed E-state index contributed by atoms with van der Waals surface area (Å²) in [5, 5.41) is 2.23. The molecule has 21 heavy (non-hydrogen) atoms. The van der Waals surface area contributed by atoms with Gasteiger partial charge in [-0.2, -0.15) is 13.2 Å². The Morgan fingerprint density at radius 1 is 1.33 bits per heavy atom. The summed E-state index contributed by atoms with van der Waals surface area (Å²) in [6.07, 6.45) is -3.10. The molecule has 1 aromatic carbocycles. The Morgan fingerprint density at radius 3 is 2.57 bits per heavy atom. The lowest BCUT2D eigenvalue weighted by atomic mass is 10.1. The van der Waals surface area contributed by atoms with Gasteiger partial charge in [0.1, 0.15) is 11.4 Å². The van der Waals surface area contributed by atoms with E-state index in [1.807, 2.05) is 0 Å². The lowest BCUT2D eigenvalue weighted by Crippen LogP contribution is -2.17.